The van der Waals surface area contributed by atoms with Crippen LogP contribution in [0.2, 0.25) is 0 Å². The summed E-state index contributed by atoms with van der Waals surface area (Å²) < 4.78 is 0. The summed E-state index contributed by atoms with van der Waals surface area (Å²) in [5.41, 5.74) is 10.2. The van der Waals surface area contributed by atoms with E-state index < -0.39 is 0 Å². The topological polar surface area (TPSA) is 0 Å². The zero-order valence-electron chi connectivity index (χ0n) is 20.7. The molecule has 1 atom stereocenters. The molecule has 2 aromatic rings. The molecule has 4 aliphatic carbocycles. The fourth-order valence-electron chi connectivity index (χ4n) is 6.78. The lowest BCUT2D eigenvalue weighted by Gasteiger charge is -2.38. The summed E-state index contributed by atoms with van der Waals surface area (Å²) in [6.45, 7) is 2.22. The van der Waals surface area contributed by atoms with Crippen molar-refractivity contribution in [3.05, 3.63) is 112 Å². The first kappa shape index (κ1) is 21.9. The average molecular weight is 447 g/mol. The molecule has 0 saturated heterocycles. The first-order valence-electron chi connectivity index (χ1n) is 13.8. The Labute approximate surface area is 206 Å². The lowest BCUT2D eigenvalue weighted by molar-refractivity contribution is 0.154. The molecule has 0 heterocycles. The largest absolute Gasteiger partial charge is 0.0726 e. The van der Waals surface area contributed by atoms with E-state index in [9.17, 15) is 0 Å². The van der Waals surface area contributed by atoms with Gasteiger partial charge < -0.3 is 0 Å². The molecule has 174 valence electrons. The first-order chi connectivity index (χ1) is 16.8. The van der Waals surface area contributed by atoms with E-state index in [4.69, 9.17) is 0 Å². The predicted octanol–water partition coefficient (Wildman–Crippen LogP) is 9.00. The molecule has 0 heteroatoms. The van der Waals surface area contributed by atoms with Crippen LogP contribution in [0.4, 0.5) is 0 Å². The van der Waals surface area contributed by atoms with E-state index in [0.29, 0.717) is 5.92 Å². The maximum absolute atomic E-state index is 2.43. The SMILES string of the molecule is CCc1ccc(C2=CC=C(Cc3ccc(C4CCC(C5CCC5)CC4)cc3)C3=CC=CC32)cc1. The normalized spacial score (nSPS) is 26.4. The Hall–Kier alpha value is -2.60. The third kappa shape index (κ3) is 4.28. The number of allylic oxidation sites excluding steroid dienone is 8. The van der Waals surface area contributed by atoms with E-state index in [1.54, 1.807) is 5.56 Å². The fourth-order valence-corrected chi connectivity index (χ4v) is 6.78. The first-order valence-corrected chi connectivity index (χ1v) is 13.8. The summed E-state index contributed by atoms with van der Waals surface area (Å²) in [5, 5.41) is 0. The minimum atomic E-state index is 0.401. The summed E-state index contributed by atoms with van der Waals surface area (Å²) in [7, 11) is 0. The minimum Gasteiger partial charge on any atom is -0.0726 e. The van der Waals surface area contributed by atoms with Gasteiger partial charge in [0.05, 0.1) is 0 Å². The van der Waals surface area contributed by atoms with Crippen molar-refractivity contribution in [1.29, 1.82) is 0 Å². The summed E-state index contributed by atoms with van der Waals surface area (Å²) in [4.78, 5) is 0. The van der Waals surface area contributed by atoms with Crippen LogP contribution in [0.5, 0.6) is 0 Å². The second-order valence-corrected chi connectivity index (χ2v) is 11.1. The molecule has 34 heavy (non-hydrogen) atoms. The van der Waals surface area contributed by atoms with E-state index >= 15 is 0 Å². The highest BCUT2D eigenvalue weighted by Gasteiger charge is 2.31. The van der Waals surface area contributed by atoms with Crippen LogP contribution in [0.3, 0.4) is 0 Å². The van der Waals surface area contributed by atoms with Crippen molar-refractivity contribution < 1.29 is 0 Å². The number of aryl methyl sites for hydroxylation is 1. The molecule has 0 bridgehead atoms. The smallest absolute Gasteiger partial charge is 0.0281 e. The summed E-state index contributed by atoms with van der Waals surface area (Å²) in [5.74, 6) is 3.29. The van der Waals surface area contributed by atoms with Crippen LogP contribution in [0, 0.1) is 17.8 Å². The van der Waals surface area contributed by atoms with Gasteiger partial charge in [-0.15, -0.1) is 0 Å². The van der Waals surface area contributed by atoms with Crippen molar-refractivity contribution in [3.8, 4) is 0 Å². The van der Waals surface area contributed by atoms with Gasteiger partial charge in [0.25, 0.3) is 0 Å². The number of fused-ring (bicyclic) bond motifs is 1. The molecule has 0 aromatic heterocycles. The minimum absolute atomic E-state index is 0.401. The van der Waals surface area contributed by atoms with E-state index in [0.717, 1.165) is 30.6 Å². The molecule has 6 rings (SSSR count). The van der Waals surface area contributed by atoms with E-state index in [1.165, 1.54) is 78.4 Å². The molecular formula is C34H38. The highest BCUT2D eigenvalue weighted by atomic mass is 14.4. The Kier molecular flexibility index (Phi) is 6.16. The molecule has 2 fully saturated rings. The maximum atomic E-state index is 2.43. The zero-order valence-corrected chi connectivity index (χ0v) is 20.7. The van der Waals surface area contributed by atoms with Gasteiger partial charge in [-0.3, -0.25) is 0 Å². The lowest BCUT2D eigenvalue weighted by Crippen LogP contribution is -2.25. The third-order valence-corrected chi connectivity index (χ3v) is 9.21. The Morgan fingerprint density at radius 1 is 0.676 bits per heavy atom. The van der Waals surface area contributed by atoms with Gasteiger partial charge >= 0.3 is 0 Å². The van der Waals surface area contributed by atoms with Crippen LogP contribution in [0.15, 0.2) is 90.1 Å². The monoisotopic (exact) mass is 446 g/mol. The van der Waals surface area contributed by atoms with Gasteiger partial charge in [0, 0.05) is 5.92 Å². The predicted molar refractivity (Wildman–Crippen MR) is 145 cm³/mol. The Balaban J connectivity index is 1.14. The van der Waals surface area contributed by atoms with Gasteiger partial charge in [-0.25, -0.2) is 0 Å². The van der Waals surface area contributed by atoms with Crippen LogP contribution in [-0.2, 0) is 12.8 Å². The molecule has 4 aliphatic rings. The molecule has 0 spiro atoms. The lowest BCUT2D eigenvalue weighted by atomic mass is 9.67. The van der Waals surface area contributed by atoms with Gasteiger partial charge in [-0.05, 0) is 95.3 Å². The second-order valence-electron chi connectivity index (χ2n) is 11.1. The highest BCUT2D eigenvalue weighted by molar-refractivity contribution is 5.78. The quantitative estimate of drug-likeness (QED) is 0.415. The van der Waals surface area contributed by atoms with E-state index in [-0.39, 0.29) is 0 Å². The van der Waals surface area contributed by atoms with Crippen molar-refractivity contribution in [1.82, 2.24) is 0 Å². The number of hydrogen-bond donors (Lipinski definition) is 0. The third-order valence-electron chi connectivity index (χ3n) is 9.21. The van der Waals surface area contributed by atoms with Gasteiger partial charge in [0.2, 0.25) is 0 Å². The summed E-state index contributed by atoms with van der Waals surface area (Å²) >= 11 is 0. The van der Waals surface area contributed by atoms with Gasteiger partial charge in [-0.1, -0.05) is 105 Å². The van der Waals surface area contributed by atoms with Gasteiger partial charge in [-0.2, -0.15) is 0 Å². The van der Waals surface area contributed by atoms with E-state index in [2.05, 4.69) is 85.8 Å². The second kappa shape index (κ2) is 9.57. The Bertz CT molecular complexity index is 1120. The number of hydrogen-bond acceptors (Lipinski definition) is 0. The summed E-state index contributed by atoms with van der Waals surface area (Å²) in [6.07, 6.45) is 24.0. The molecular weight excluding hydrogens is 408 g/mol. The van der Waals surface area contributed by atoms with Crippen LogP contribution in [-0.4, -0.2) is 0 Å². The molecule has 2 aromatic carbocycles. The van der Waals surface area contributed by atoms with Gasteiger partial charge in [0.1, 0.15) is 0 Å². The fraction of sp³-hybridized carbons (Fsp3) is 0.412. The van der Waals surface area contributed by atoms with Crippen molar-refractivity contribution >= 4 is 5.57 Å². The molecule has 2 saturated carbocycles. The molecule has 0 nitrogen and oxygen atoms in total. The molecule has 0 amide bonds. The molecule has 0 aliphatic heterocycles. The van der Waals surface area contributed by atoms with Gasteiger partial charge in [0.15, 0.2) is 0 Å². The van der Waals surface area contributed by atoms with Crippen molar-refractivity contribution in [2.45, 2.75) is 70.6 Å². The van der Waals surface area contributed by atoms with Crippen LogP contribution in [0.25, 0.3) is 5.57 Å². The number of rotatable bonds is 6. The Morgan fingerprint density at radius 3 is 2.06 bits per heavy atom. The maximum Gasteiger partial charge on any atom is 0.0281 e. The highest BCUT2D eigenvalue weighted by Crippen LogP contribution is 2.45. The van der Waals surface area contributed by atoms with Crippen molar-refractivity contribution in [2.24, 2.45) is 17.8 Å². The summed E-state index contributed by atoms with van der Waals surface area (Å²) in [6, 6.07) is 18.8. The van der Waals surface area contributed by atoms with Crippen LogP contribution in [0.1, 0.15) is 80.0 Å². The van der Waals surface area contributed by atoms with E-state index in [1.807, 2.05) is 0 Å². The van der Waals surface area contributed by atoms with Crippen molar-refractivity contribution in [3.63, 3.8) is 0 Å². The standard InChI is InChI=1S/C34H38/c1-2-24-9-15-30(16-10-24)33-22-21-31(32-7-4-8-34(32)33)23-25-11-13-27(14-12-25)29-19-17-28(18-20-29)26-5-3-6-26/h4,7-16,21-22,26,28-29,34H,2-3,5-6,17-20,23H2,1H3. The average Bonchev–Trinajstić information content (AvgIpc) is 3.35. The molecule has 0 N–H and O–H groups in total. The zero-order chi connectivity index (χ0) is 22.9. The molecule has 0 radical (unpaired) electrons. The van der Waals surface area contributed by atoms with Crippen molar-refractivity contribution in [2.75, 3.05) is 0 Å². The molecule has 1 unspecified atom stereocenters. The van der Waals surface area contributed by atoms with Crippen LogP contribution < -0.4 is 0 Å². The number of benzene rings is 2. The van der Waals surface area contributed by atoms with Crippen LogP contribution >= 0.6 is 0 Å². The Morgan fingerprint density at radius 2 is 1.38 bits per heavy atom.